The summed E-state index contributed by atoms with van der Waals surface area (Å²) in [6.45, 7) is 6.13. The van der Waals surface area contributed by atoms with Crippen LogP contribution < -0.4 is 5.32 Å². The number of carboxylic acid groups (broad SMARTS) is 1. The minimum atomic E-state index is -1.15. The molecule has 0 bridgehead atoms. The third kappa shape index (κ3) is 4.04. The van der Waals surface area contributed by atoms with Crippen LogP contribution in [0.25, 0.3) is 0 Å². The number of anilines is 1. The van der Waals surface area contributed by atoms with Gasteiger partial charge in [0.15, 0.2) is 0 Å². The van der Waals surface area contributed by atoms with Crippen molar-refractivity contribution in [3.63, 3.8) is 0 Å². The van der Waals surface area contributed by atoms with Crippen LogP contribution in [-0.2, 0) is 16.2 Å². The zero-order valence-corrected chi connectivity index (χ0v) is 16.0. The predicted octanol–water partition coefficient (Wildman–Crippen LogP) is 3.25. The molecule has 0 radical (unpaired) electrons. The number of aryl methyl sites for hydroxylation is 1. The number of carbonyl (C=O) groups excluding carboxylic acids is 2. The van der Waals surface area contributed by atoms with Gasteiger partial charge in [-0.05, 0) is 50.6 Å². The Balaban J connectivity index is 1.70. The van der Waals surface area contributed by atoms with Crippen LogP contribution in [0.1, 0.15) is 45.7 Å². The summed E-state index contributed by atoms with van der Waals surface area (Å²) in [4.78, 5) is 41.5. The van der Waals surface area contributed by atoms with E-state index in [4.69, 9.17) is 4.84 Å². The lowest BCUT2D eigenvalue weighted by molar-refractivity contribution is -0.165. The van der Waals surface area contributed by atoms with Crippen molar-refractivity contribution in [2.75, 3.05) is 11.9 Å². The van der Waals surface area contributed by atoms with Gasteiger partial charge in [-0.1, -0.05) is 23.8 Å². The molecule has 1 saturated heterocycles. The van der Waals surface area contributed by atoms with Crippen molar-refractivity contribution in [2.45, 2.75) is 27.3 Å². The molecule has 1 aliphatic rings. The molecule has 28 heavy (non-hydrogen) atoms. The van der Waals surface area contributed by atoms with E-state index in [2.05, 4.69) is 5.32 Å². The van der Waals surface area contributed by atoms with Crippen molar-refractivity contribution in [3.8, 4) is 0 Å². The van der Waals surface area contributed by atoms with Gasteiger partial charge in [0.2, 0.25) is 0 Å². The van der Waals surface area contributed by atoms with Gasteiger partial charge in [0.25, 0.3) is 11.8 Å². The summed E-state index contributed by atoms with van der Waals surface area (Å²) in [6.07, 6.45) is 0. The van der Waals surface area contributed by atoms with Crippen LogP contribution in [0, 0.1) is 12.3 Å². The Bertz CT molecular complexity index is 934. The minimum absolute atomic E-state index is 0.0490. The number of aromatic carboxylic acids is 1. The Labute approximate surface area is 162 Å². The quantitative estimate of drug-likeness (QED) is 0.828. The van der Waals surface area contributed by atoms with Gasteiger partial charge in [0, 0.05) is 5.69 Å². The molecule has 1 aliphatic heterocycles. The molecule has 0 saturated carbocycles. The molecule has 2 amide bonds. The molecule has 7 heteroatoms. The second-order valence-corrected chi connectivity index (χ2v) is 7.50. The maximum Gasteiger partial charge on any atom is 0.336 e. The lowest BCUT2D eigenvalue weighted by Crippen LogP contribution is -2.30. The van der Waals surface area contributed by atoms with E-state index in [1.165, 1.54) is 11.1 Å². The molecule has 2 aromatic rings. The van der Waals surface area contributed by atoms with Gasteiger partial charge in [0.1, 0.15) is 0 Å². The van der Waals surface area contributed by atoms with E-state index in [-0.39, 0.29) is 17.0 Å². The SMILES string of the molecule is Cc1ccc(C(=O)O)c(C(=O)Nc2ccc(CN3OCC(C)(C)C3=O)cc2)c1. The fourth-order valence-corrected chi connectivity index (χ4v) is 2.90. The van der Waals surface area contributed by atoms with Gasteiger partial charge in [-0.15, -0.1) is 0 Å². The molecule has 0 aromatic heterocycles. The van der Waals surface area contributed by atoms with Crippen molar-refractivity contribution in [1.29, 1.82) is 0 Å². The van der Waals surface area contributed by atoms with Crippen molar-refractivity contribution >= 4 is 23.5 Å². The number of hydrogen-bond acceptors (Lipinski definition) is 4. The van der Waals surface area contributed by atoms with E-state index < -0.39 is 17.3 Å². The number of nitrogens with zero attached hydrogens (tertiary/aromatic N) is 1. The first-order valence-electron chi connectivity index (χ1n) is 8.86. The molecule has 2 aromatic carbocycles. The molecule has 0 aliphatic carbocycles. The van der Waals surface area contributed by atoms with Gasteiger partial charge in [-0.2, -0.15) is 0 Å². The minimum Gasteiger partial charge on any atom is -0.478 e. The number of carboxylic acids is 1. The van der Waals surface area contributed by atoms with Crippen molar-refractivity contribution < 1.29 is 24.3 Å². The standard InChI is InChI=1S/C21H22N2O5/c1-13-4-9-16(19(25)26)17(10-13)18(24)22-15-7-5-14(6-8-15)11-23-20(27)21(2,3)12-28-23/h4-10H,11-12H2,1-3H3,(H,22,24)(H,25,26). The van der Waals surface area contributed by atoms with Crippen LogP contribution >= 0.6 is 0 Å². The largest absolute Gasteiger partial charge is 0.478 e. The van der Waals surface area contributed by atoms with Crippen molar-refractivity contribution in [2.24, 2.45) is 5.41 Å². The summed E-state index contributed by atoms with van der Waals surface area (Å²) >= 11 is 0. The maximum absolute atomic E-state index is 12.5. The highest BCUT2D eigenvalue weighted by Gasteiger charge is 2.40. The van der Waals surface area contributed by atoms with Crippen LogP contribution in [0.15, 0.2) is 42.5 Å². The zero-order valence-electron chi connectivity index (χ0n) is 16.0. The number of rotatable bonds is 5. The van der Waals surface area contributed by atoms with E-state index in [1.54, 1.807) is 43.3 Å². The van der Waals surface area contributed by atoms with E-state index >= 15 is 0 Å². The van der Waals surface area contributed by atoms with Crippen LogP contribution in [0.3, 0.4) is 0 Å². The molecule has 1 heterocycles. The molecule has 1 fully saturated rings. The van der Waals surface area contributed by atoms with Crippen molar-refractivity contribution in [3.05, 3.63) is 64.7 Å². The number of benzene rings is 2. The molecule has 0 unspecified atom stereocenters. The van der Waals surface area contributed by atoms with E-state index in [0.717, 1.165) is 11.1 Å². The highest BCUT2D eigenvalue weighted by atomic mass is 16.7. The molecule has 7 nitrogen and oxygen atoms in total. The third-order valence-electron chi connectivity index (χ3n) is 4.57. The highest BCUT2D eigenvalue weighted by molar-refractivity contribution is 6.10. The number of carbonyl (C=O) groups is 3. The fourth-order valence-electron chi connectivity index (χ4n) is 2.90. The second-order valence-electron chi connectivity index (χ2n) is 7.50. The molecule has 0 atom stereocenters. The van der Waals surface area contributed by atoms with E-state index in [9.17, 15) is 19.5 Å². The van der Waals surface area contributed by atoms with Gasteiger partial charge < -0.3 is 10.4 Å². The predicted molar refractivity (Wildman–Crippen MR) is 103 cm³/mol. The molecular weight excluding hydrogens is 360 g/mol. The van der Waals surface area contributed by atoms with Gasteiger partial charge in [-0.3, -0.25) is 14.4 Å². The third-order valence-corrected chi connectivity index (χ3v) is 4.57. The summed E-state index contributed by atoms with van der Waals surface area (Å²) < 4.78 is 0. The summed E-state index contributed by atoms with van der Waals surface area (Å²) in [5.74, 6) is -1.71. The van der Waals surface area contributed by atoms with Gasteiger partial charge >= 0.3 is 5.97 Å². The number of nitrogens with one attached hydrogen (secondary N) is 1. The Morgan fingerprint density at radius 3 is 2.39 bits per heavy atom. The van der Waals surface area contributed by atoms with Crippen LogP contribution in [0.5, 0.6) is 0 Å². The first-order valence-corrected chi connectivity index (χ1v) is 8.86. The Kier molecular flexibility index (Phi) is 5.20. The maximum atomic E-state index is 12.5. The van der Waals surface area contributed by atoms with Crippen LogP contribution in [0.2, 0.25) is 0 Å². The summed E-state index contributed by atoms with van der Waals surface area (Å²) in [7, 11) is 0. The lowest BCUT2D eigenvalue weighted by Gasteiger charge is -2.16. The number of hydroxylamine groups is 2. The molecule has 146 valence electrons. The average molecular weight is 382 g/mol. The highest BCUT2D eigenvalue weighted by Crippen LogP contribution is 2.28. The molecule has 2 N–H and O–H groups in total. The molecule has 0 spiro atoms. The van der Waals surface area contributed by atoms with Crippen LogP contribution in [0.4, 0.5) is 5.69 Å². The first-order chi connectivity index (χ1) is 13.2. The Morgan fingerprint density at radius 2 is 1.82 bits per heavy atom. The fraction of sp³-hybridized carbons (Fsp3) is 0.286. The zero-order chi connectivity index (χ0) is 20.5. The topological polar surface area (TPSA) is 95.9 Å². The van der Waals surface area contributed by atoms with Gasteiger partial charge in [-0.25, -0.2) is 9.86 Å². The second kappa shape index (κ2) is 7.44. The van der Waals surface area contributed by atoms with E-state index in [0.29, 0.717) is 18.8 Å². The van der Waals surface area contributed by atoms with Crippen LogP contribution in [-0.4, -0.2) is 34.6 Å². The summed E-state index contributed by atoms with van der Waals surface area (Å²) in [6, 6.07) is 11.6. The Hall–Kier alpha value is -3.19. The lowest BCUT2D eigenvalue weighted by atomic mass is 9.95. The number of amides is 2. The Morgan fingerprint density at radius 1 is 1.14 bits per heavy atom. The van der Waals surface area contributed by atoms with Gasteiger partial charge in [0.05, 0.1) is 29.7 Å². The molecular formula is C21H22N2O5. The van der Waals surface area contributed by atoms with Crippen molar-refractivity contribution in [1.82, 2.24) is 5.06 Å². The average Bonchev–Trinajstić information content (AvgIpc) is 2.90. The number of hydrogen-bond donors (Lipinski definition) is 2. The summed E-state index contributed by atoms with van der Waals surface area (Å²) in [5, 5.41) is 13.3. The smallest absolute Gasteiger partial charge is 0.336 e. The normalized spacial score (nSPS) is 15.5. The summed E-state index contributed by atoms with van der Waals surface area (Å²) in [5.41, 5.74) is 1.71. The van der Waals surface area contributed by atoms with E-state index in [1.807, 2.05) is 13.8 Å². The monoisotopic (exact) mass is 382 g/mol. The first kappa shape index (κ1) is 19.6. The molecule has 3 rings (SSSR count).